The zero-order chi connectivity index (χ0) is 7.40. The van der Waals surface area contributed by atoms with Crippen molar-refractivity contribution in [3.05, 3.63) is 24.2 Å². The van der Waals surface area contributed by atoms with Crippen molar-refractivity contribution in [3.63, 3.8) is 0 Å². The summed E-state index contributed by atoms with van der Waals surface area (Å²) in [7, 11) is 0. The van der Waals surface area contributed by atoms with E-state index in [1.54, 1.807) is 6.07 Å². The standard InChI is InChI=1S/C7H10O3/c1-2-10-7(8)6-3-4-9-5-6/h3-5,7-8H,2H2,1H3. The third-order valence-corrected chi connectivity index (χ3v) is 1.15. The fourth-order valence-electron chi connectivity index (χ4n) is 0.670. The van der Waals surface area contributed by atoms with E-state index in [0.717, 1.165) is 0 Å². The van der Waals surface area contributed by atoms with Crippen LogP contribution < -0.4 is 0 Å². The Bertz CT molecular complexity index is 169. The van der Waals surface area contributed by atoms with Crippen LogP contribution in [0.4, 0.5) is 0 Å². The van der Waals surface area contributed by atoms with Crippen molar-refractivity contribution >= 4 is 0 Å². The molecule has 0 fully saturated rings. The van der Waals surface area contributed by atoms with E-state index in [0.29, 0.717) is 12.2 Å². The summed E-state index contributed by atoms with van der Waals surface area (Å²) in [4.78, 5) is 0. The molecule has 1 rings (SSSR count). The molecule has 1 aromatic heterocycles. The predicted octanol–water partition coefficient (Wildman–Crippen LogP) is 1.31. The molecule has 10 heavy (non-hydrogen) atoms. The number of hydrogen-bond donors (Lipinski definition) is 1. The molecule has 0 aliphatic carbocycles. The summed E-state index contributed by atoms with van der Waals surface area (Å²) in [5.41, 5.74) is 0.654. The quantitative estimate of drug-likeness (QED) is 0.647. The van der Waals surface area contributed by atoms with Crippen LogP contribution in [0.2, 0.25) is 0 Å². The van der Waals surface area contributed by atoms with Gasteiger partial charge in [-0.25, -0.2) is 0 Å². The van der Waals surface area contributed by atoms with Crippen molar-refractivity contribution in [1.29, 1.82) is 0 Å². The maximum absolute atomic E-state index is 9.13. The van der Waals surface area contributed by atoms with Crippen molar-refractivity contribution < 1.29 is 14.3 Å². The fraction of sp³-hybridized carbons (Fsp3) is 0.429. The molecule has 0 saturated carbocycles. The van der Waals surface area contributed by atoms with Gasteiger partial charge < -0.3 is 14.3 Å². The monoisotopic (exact) mass is 142 g/mol. The maximum Gasteiger partial charge on any atom is 0.184 e. The van der Waals surface area contributed by atoms with E-state index in [2.05, 4.69) is 0 Å². The molecule has 0 amide bonds. The molecule has 0 radical (unpaired) electrons. The molecule has 56 valence electrons. The molecule has 1 N–H and O–H groups in total. The molecule has 3 heteroatoms. The molecular weight excluding hydrogens is 132 g/mol. The number of furan rings is 1. The highest BCUT2D eigenvalue weighted by Gasteiger charge is 2.06. The normalized spacial score (nSPS) is 13.4. The van der Waals surface area contributed by atoms with E-state index in [1.807, 2.05) is 6.92 Å². The molecule has 1 unspecified atom stereocenters. The first-order chi connectivity index (χ1) is 4.84. The third-order valence-electron chi connectivity index (χ3n) is 1.15. The summed E-state index contributed by atoms with van der Waals surface area (Å²) in [5.74, 6) is 0. The summed E-state index contributed by atoms with van der Waals surface area (Å²) in [6.45, 7) is 2.32. The Hall–Kier alpha value is -0.800. The van der Waals surface area contributed by atoms with E-state index < -0.39 is 6.29 Å². The van der Waals surface area contributed by atoms with Gasteiger partial charge in [-0.05, 0) is 13.0 Å². The van der Waals surface area contributed by atoms with Gasteiger partial charge in [0.2, 0.25) is 0 Å². The van der Waals surface area contributed by atoms with Crippen LogP contribution >= 0.6 is 0 Å². The topological polar surface area (TPSA) is 42.6 Å². The minimum Gasteiger partial charge on any atom is -0.472 e. The number of aliphatic hydroxyl groups is 1. The van der Waals surface area contributed by atoms with E-state index in [4.69, 9.17) is 14.3 Å². The summed E-state index contributed by atoms with van der Waals surface area (Å²) in [6, 6.07) is 1.67. The van der Waals surface area contributed by atoms with Gasteiger partial charge in [-0.3, -0.25) is 0 Å². The minimum absolute atomic E-state index is 0.492. The first-order valence-electron chi connectivity index (χ1n) is 3.16. The van der Waals surface area contributed by atoms with Crippen LogP contribution in [0, 0.1) is 0 Å². The van der Waals surface area contributed by atoms with Crippen LogP contribution in [0.25, 0.3) is 0 Å². The van der Waals surface area contributed by atoms with Crippen LogP contribution in [0.3, 0.4) is 0 Å². The lowest BCUT2D eigenvalue weighted by Crippen LogP contribution is -2.00. The molecule has 0 spiro atoms. The van der Waals surface area contributed by atoms with Crippen LogP contribution in [-0.4, -0.2) is 11.7 Å². The van der Waals surface area contributed by atoms with Gasteiger partial charge in [0.25, 0.3) is 0 Å². The van der Waals surface area contributed by atoms with Gasteiger partial charge in [0.1, 0.15) is 0 Å². The van der Waals surface area contributed by atoms with Gasteiger partial charge in [0, 0.05) is 12.2 Å². The second kappa shape index (κ2) is 3.39. The molecular formula is C7H10O3. The molecule has 0 aliphatic rings. The van der Waals surface area contributed by atoms with Gasteiger partial charge in [-0.1, -0.05) is 0 Å². The predicted molar refractivity (Wildman–Crippen MR) is 35.3 cm³/mol. The highest BCUT2D eigenvalue weighted by Crippen LogP contribution is 2.13. The third kappa shape index (κ3) is 1.59. The average molecular weight is 142 g/mol. The van der Waals surface area contributed by atoms with Crippen LogP contribution in [-0.2, 0) is 4.74 Å². The largest absolute Gasteiger partial charge is 0.472 e. The molecule has 0 aromatic carbocycles. The van der Waals surface area contributed by atoms with Gasteiger partial charge in [0.05, 0.1) is 12.5 Å². The summed E-state index contributed by atoms with van der Waals surface area (Å²) < 4.78 is 9.62. The van der Waals surface area contributed by atoms with E-state index in [1.165, 1.54) is 12.5 Å². The second-order valence-corrected chi connectivity index (χ2v) is 1.86. The SMILES string of the molecule is CCOC(O)c1ccoc1. The molecule has 1 atom stereocenters. The highest BCUT2D eigenvalue weighted by molar-refractivity contribution is 5.06. The van der Waals surface area contributed by atoms with Gasteiger partial charge >= 0.3 is 0 Å². The highest BCUT2D eigenvalue weighted by atomic mass is 16.6. The van der Waals surface area contributed by atoms with Crippen molar-refractivity contribution in [2.45, 2.75) is 13.2 Å². The fourth-order valence-corrected chi connectivity index (χ4v) is 0.670. The number of rotatable bonds is 3. The van der Waals surface area contributed by atoms with Crippen molar-refractivity contribution in [1.82, 2.24) is 0 Å². The van der Waals surface area contributed by atoms with E-state index in [9.17, 15) is 0 Å². The van der Waals surface area contributed by atoms with Crippen molar-refractivity contribution in [2.24, 2.45) is 0 Å². The Labute approximate surface area is 59.2 Å². The lowest BCUT2D eigenvalue weighted by molar-refractivity contribution is -0.0982. The Balaban J connectivity index is 2.50. The lowest BCUT2D eigenvalue weighted by atomic mass is 10.3. The summed E-state index contributed by atoms with van der Waals surface area (Å²) >= 11 is 0. The van der Waals surface area contributed by atoms with Gasteiger partial charge in [-0.2, -0.15) is 0 Å². The first kappa shape index (κ1) is 7.31. The first-order valence-corrected chi connectivity index (χ1v) is 3.16. The number of hydrogen-bond acceptors (Lipinski definition) is 3. The Morgan fingerprint density at radius 3 is 3.10 bits per heavy atom. The minimum atomic E-state index is -0.844. The zero-order valence-electron chi connectivity index (χ0n) is 5.78. The smallest absolute Gasteiger partial charge is 0.184 e. The molecule has 0 aliphatic heterocycles. The van der Waals surface area contributed by atoms with Gasteiger partial charge in [-0.15, -0.1) is 0 Å². The van der Waals surface area contributed by atoms with Crippen LogP contribution in [0.1, 0.15) is 18.8 Å². The molecule has 1 aromatic rings. The van der Waals surface area contributed by atoms with Crippen LogP contribution in [0.5, 0.6) is 0 Å². The second-order valence-electron chi connectivity index (χ2n) is 1.86. The average Bonchev–Trinajstić information content (AvgIpc) is 2.38. The number of ether oxygens (including phenoxy) is 1. The van der Waals surface area contributed by atoms with Crippen LogP contribution in [0.15, 0.2) is 23.0 Å². The number of aliphatic hydroxyl groups excluding tert-OH is 1. The Kier molecular flexibility index (Phi) is 2.48. The van der Waals surface area contributed by atoms with E-state index >= 15 is 0 Å². The maximum atomic E-state index is 9.13. The van der Waals surface area contributed by atoms with Crippen molar-refractivity contribution in [2.75, 3.05) is 6.61 Å². The Morgan fingerprint density at radius 2 is 2.60 bits per heavy atom. The zero-order valence-corrected chi connectivity index (χ0v) is 5.78. The van der Waals surface area contributed by atoms with Crippen molar-refractivity contribution in [3.8, 4) is 0 Å². The lowest BCUT2D eigenvalue weighted by Gasteiger charge is -2.05. The Morgan fingerprint density at radius 1 is 1.80 bits per heavy atom. The molecule has 3 nitrogen and oxygen atoms in total. The summed E-state index contributed by atoms with van der Waals surface area (Å²) in [5, 5.41) is 9.13. The van der Waals surface area contributed by atoms with E-state index in [-0.39, 0.29) is 0 Å². The molecule has 0 bridgehead atoms. The molecule has 0 saturated heterocycles. The molecule has 1 heterocycles. The summed E-state index contributed by atoms with van der Waals surface area (Å²) in [6.07, 6.45) is 2.11. The van der Waals surface area contributed by atoms with Gasteiger partial charge in [0.15, 0.2) is 6.29 Å².